The Labute approximate surface area is 171 Å². The van der Waals surface area contributed by atoms with Crippen molar-refractivity contribution in [3.05, 3.63) is 99.6 Å². The van der Waals surface area contributed by atoms with E-state index in [9.17, 15) is 15.2 Å². The van der Waals surface area contributed by atoms with Gasteiger partial charge in [0.25, 0.3) is 5.69 Å². The summed E-state index contributed by atoms with van der Waals surface area (Å²) in [5.41, 5.74) is 3.63. The highest BCUT2D eigenvalue weighted by Gasteiger charge is 2.20. The van der Waals surface area contributed by atoms with Crippen LogP contribution >= 0.6 is 0 Å². The zero-order chi connectivity index (χ0) is 21.1. The largest absolute Gasteiger partial charge is 0.494 e. The number of hydrogen-bond acceptors (Lipinski definition) is 5. The van der Waals surface area contributed by atoms with E-state index in [1.165, 1.54) is 12.1 Å². The molecule has 0 bridgehead atoms. The lowest BCUT2D eigenvalue weighted by molar-refractivity contribution is -0.384. The molecule has 1 heterocycles. The molecule has 0 spiro atoms. The van der Waals surface area contributed by atoms with Crippen molar-refractivity contribution in [1.29, 1.82) is 5.26 Å². The van der Waals surface area contributed by atoms with Crippen LogP contribution in [0.25, 0.3) is 10.9 Å². The van der Waals surface area contributed by atoms with Gasteiger partial charge < -0.3 is 10.1 Å². The van der Waals surface area contributed by atoms with Crippen molar-refractivity contribution in [3.63, 3.8) is 0 Å². The highest BCUT2D eigenvalue weighted by atomic mass is 16.6. The number of nitro groups is 1. The van der Waals surface area contributed by atoms with Gasteiger partial charge in [-0.1, -0.05) is 42.5 Å². The Hall–Kier alpha value is -4.44. The van der Waals surface area contributed by atoms with Gasteiger partial charge in [0.2, 0.25) is 0 Å². The van der Waals surface area contributed by atoms with Gasteiger partial charge in [-0.3, -0.25) is 10.1 Å². The van der Waals surface area contributed by atoms with E-state index in [1.807, 2.05) is 42.5 Å². The number of non-ortho nitro benzene ring substituents is 1. The molecule has 0 aliphatic rings. The fourth-order valence-corrected chi connectivity index (χ4v) is 3.29. The minimum atomic E-state index is -0.472. The van der Waals surface area contributed by atoms with Crippen molar-refractivity contribution in [2.45, 2.75) is 6.42 Å². The lowest BCUT2D eigenvalue weighted by atomic mass is 10.0. The number of nitriles is 1. The number of fused-ring (bicyclic) bond motifs is 1. The Morgan fingerprint density at radius 2 is 1.83 bits per heavy atom. The van der Waals surface area contributed by atoms with E-state index in [2.05, 4.69) is 11.1 Å². The quantitative estimate of drug-likeness (QED) is 0.280. The van der Waals surface area contributed by atoms with Gasteiger partial charge in [-0.05, 0) is 23.8 Å². The fraction of sp³-hybridized carbons (Fsp3) is 0.0435. The highest BCUT2D eigenvalue weighted by molar-refractivity contribution is 6.22. The van der Waals surface area contributed by atoms with Gasteiger partial charge in [0, 0.05) is 28.6 Å². The van der Waals surface area contributed by atoms with Crippen molar-refractivity contribution < 1.29 is 10.0 Å². The van der Waals surface area contributed by atoms with Crippen LogP contribution in [0.2, 0.25) is 0 Å². The Balaban J connectivity index is 1.93. The average Bonchev–Trinajstić information content (AvgIpc) is 3.09. The first-order valence-corrected chi connectivity index (χ1v) is 9.16. The normalized spacial score (nSPS) is 11.4. The molecule has 146 valence electrons. The molecule has 0 fully saturated rings. The third-order valence-electron chi connectivity index (χ3n) is 4.72. The summed E-state index contributed by atoms with van der Waals surface area (Å²) in [6.45, 7) is 0. The number of aromatic amines is 1. The maximum Gasteiger partial charge on any atom is 0.270 e. The molecule has 0 amide bonds. The number of hydrogen-bond donors (Lipinski definition) is 2. The van der Waals surface area contributed by atoms with E-state index >= 15 is 0 Å². The third kappa shape index (κ3) is 3.62. The number of H-pyrrole nitrogens is 1. The molecule has 0 atom stereocenters. The SMILES string of the molecule is N#CCc1ccc(N=C(c2ccccc2)c2c(O)[nH]c3ccc([N+](=O)[O-])cc23)cc1. The Kier molecular flexibility index (Phi) is 4.97. The molecule has 7 heteroatoms. The third-order valence-corrected chi connectivity index (χ3v) is 4.72. The number of rotatable bonds is 5. The number of nitrogens with zero attached hydrogens (tertiary/aromatic N) is 3. The lowest BCUT2D eigenvalue weighted by Crippen LogP contribution is -2.03. The first-order valence-electron chi connectivity index (χ1n) is 9.16. The molecule has 7 nitrogen and oxygen atoms in total. The second-order valence-electron chi connectivity index (χ2n) is 6.66. The van der Waals surface area contributed by atoms with Gasteiger partial charge in [-0.25, -0.2) is 4.99 Å². The van der Waals surface area contributed by atoms with E-state index in [0.717, 1.165) is 11.1 Å². The standard InChI is InChI=1S/C23H16N4O3/c24-13-12-15-6-8-17(9-7-15)25-22(16-4-2-1-3-5-16)21-19-14-18(27(29)30)10-11-20(19)26-23(21)28/h1-11,14,26,28H,12H2. The Bertz CT molecular complexity index is 1300. The lowest BCUT2D eigenvalue weighted by Gasteiger charge is -2.08. The van der Waals surface area contributed by atoms with E-state index in [0.29, 0.717) is 34.3 Å². The van der Waals surface area contributed by atoms with E-state index in [1.54, 1.807) is 18.2 Å². The number of nitrogens with one attached hydrogen (secondary N) is 1. The van der Waals surface area contributed by atoms with Crippen LogP contribution in [0.3, 0.4) is 0 Å². The monoisotopic (exact) mass is 396 g/mol. The number of aromatic nitrogens is 1. The van der Waals surface area contributed by atoms with Gasteiger partial charge in [-0.2, -0.15) is 5.26 Å². The molecule has 0 saturated heterocycles. The predicted octanol–water partition coefficient (Wildman–Crippen LogP) is 5.02. The molecule has 2 N–H and O–H groups in total. The van der Waals surface area contributed by atoms with Crippen LogP contribution in [0.5, 0.6) is 5.88 Å². The summed E-state index contributed by atoms with van der Waals surface area (Å²) < 4.78 is 0. The number of aliphatic imine (C=N–C) groups is 1. The van der Waals surface area contributed by atoms with Gasteiger partial charge in [-0.15, -0.1) is 0 Å². The molecular weight excluding hydrogens is 380 g/mol. The molecule has 1 aromatic heterocycles. The molecule has 4 rings (SSSR count). The molecule has 0 aliphatic carbocycles. The maximum absolute atomic E-state index is 11.3. The maximum atomic E-state index is 11.3. The van der Waals surface area contributed by atoms with Crippen molar-refractivity contribution in [2.75, 3.05) is 0 Å². The van der Waals surface area contributed by atoms with Crippen molar-refractivity contribution in [3.8, 4) is 11.9 Å². The van der Waals surface area contributed by atoms with Crippen molar-refractivity contribution >= 4 is 28.0 Å². The topological polar surface area (TPSA) is 115 Å². The van der Waals surface area contributed by atoms with Gasteiger partial charge >= 0.3 is 0 Å². The number of nitro benzene ring substituents is 1. The zero-order valence-corrected chi connectivity index (χ0v) is 15.7. The van der Waals surface area contributed by atoms with E-state index < -0.39 is 4.92 Å². The average molecular weight is 396 g/mol. The number of benzene rings is 3. The van der Waals surface area contributed by atoms with Crippen molar-refractivity contribution in [1.82, 2.24) is 4.98 Å². The summed E-state index contributed by atoms with van der Waals surface area (Å²) in [5, 5.41) is 31.3. The van der Waals surface area contributed by atoms with Crippen molar-refractivity contribution in [2.24, 2.45) is 4.99 Å². The zero-order valence-electron chi connectivity index (χ0n) is 15.7. The van der Waals surface area contributed by atoms with Gasteiger partial charge in [0.15, 0.2) is 5.88 Å². The second-order valence-corrected chi connectivity index (χ2v) is 6.66. The van der Waals surface area contributed by atoms with E-state index in [-0.39, 0.29) is 11.6 Å². The molecule has 3 aromatic carbocycles. The van der Waals surface area contributed by atoms with Crippen LogP contribution in [0.4, 0.5) is 11.4 Å². The molecule has 0 radical (unpaired) electrons. The van der Waals surface area contributed by atoms with E-state index in [4.69, 9.17) is 10.3 Å². The molecule has 30 heavy (non-hydrogen) atoms. The fourth-order valence-electron chi connectivity index (χ4n) is 3.29. The molecule has 0 aliphatic heterocycles. The first kappa shape index (κ1) is 18.9. The predicted molar refractivity (Wildman–Crippen MR) is 114 cm³/mol. The van der Waals surface area contributed by atoms with Crippen LogP contribution in [-0.2, 0) is 6.42 Å². The summed E-state index contributed by atoms with van der Waals surface area (Å²) in [6.07, 6.45) is 0.308. The highest BCUT2D eigenvalue weighted by Crippen LogP contribution is 2.33. The van der Waals surface area contributed by atoms with Crippen LogP contribution in [0.15, 0.2) is 77.8 Å². The van der Waals surface area contributed by atoms with Crippen LogP contribution in [0, 0.1) is 21.4 Å². The summed E-state index contributed by atoms with van der Waals surface area (Å²) in [6, 6.07) is 23.0. The summed E-state index contributed by atoms with van der Waals surface area (Å²) in [4.78, 5) is 18.4. The molecule has 0 unspecified atom stereocenters. The smallest absolute Gasteiger partial charge is 0.270 e. The first-order chi connectivity index (χ1) is 14.6. The minimum absolute atomic E-state index is 0.0731. The second kappa shape index (κ2) is 7.89. The Morgan fingerprint density at radius 1 is 1.10 bits per heavy atom. The van der Waals surface area contributed by atoms with Crippen LogP contribution in [-0.4, -0.2) is 20.7 Å². The summed E-state index contributed by atoms with van der Waals surface area (Å²) in [5.74, 6) is -0.116. The Morgan fingerprint density at radius 3 is 2.50 bits per heavy atom. The summed E-state index contributed by atoms with van der Waals surface area (Å²) in [7, 11) is 0. The molecule has 0 saturated carbocycles. The van der Waals surface area contributed by atoms with Crippen LogP contribution < -0.4 is 0 Å². The number of aromatic hydroxyl groups is 1. The molecular formula is C23H16N4O3. The van der Waals surface area contributed by atoms with Gasteiger partial charge in [0.1, 0.15) is 0 Å². The van der Waals surface area contributed by atoms with Crippen LogP contribution in [0.1, 0.15) is 16.7 Å². The molecule has 4 aromatic rings. The minimum Gasteiger partial charge on any atom is -0.494 e. The van der Waals surface area contributed by atoms with Gasteiger partial charge in [0.05, 0.1) is 34.4 Å². The summed E-state index contributed by atoms with van der Waals surface area (Å²) >= 11 is 0.